The highest BCUT2D eigenvalue weighted by Crippen LogP contribution is 2.18. The molecule has 0 aliphatic rings. The number of hydrogen-bond acceptors (Lipinski definition) is 4. The van der Waals surface area contributed by atoms with Gasteiger partial charge in [0, 0.05) is 17.3 Å². The minimum absolute atomic E-state index is 0.153. The van der Waals surface area contributed by atoms with Gasteiger partial charge in [-0.2, -0.15) is 0 Å². The first kappa shape index (κ1) is 21.9. The highest BCUT2D eigenvalue weighted by Gasteiger charge is 2.15. The largest absolute Gasteiger partial charge is 0.494 e. The molecule has 28 heavy (non-hydrogen) atoms. The van der Waals surface area contributed by atoms with Gasteiger partial charge in [-0.25, -0.2) is 13.1 Å². The van der Waals surface area contributed by atoms with Crippen LogP contribution < -0.4 is 14.8 Å². The lowest BCUT2D eigenvalue weighted by Crippen LogP contribution is -2.30. The summed E-state index contributed by atoms with van der Waals surface area (Å²) in [4.78, 5) is 12.6. The lowest BCUT2D eigenvalue weighted by molar-refractivity contribution is 0.102. The number of sulfonamides is 1. The normalized spacial score (nSPS) is 11.6. The molecule has 0 saturated heterocycles. The monoisotopic (exact) mass is 404 g/mol. The molecule has 0 heterocycles. The average molecular weight is 405 g/mol. The number of hydrogen-bond donors (Lipinski definition) is 2. The third kappa shape index (κ3) is 6.65. The van der Waals surface area contributed by atoms with Crippen molar-refractivity contribution >= 4 is 21.6 Å². The molecule has 1 amide bonds. The molecule has 2 N–H and O–H groups in total. The Kier molecular flexibility index (Phi) is 7.60. The predicted octanol–water partition coefficient (Wildman–Crippen LogP) is 4.05. The molecule has 0 aromatic heterocycles. The van der Waals surface area contributed by atoms with Crippen LogP contribution in [0.1, 0.15) is 44.5 Å². The first-order chi connectivity index (χ1) is 13.2. The second-order valence-corrected chi connectivity index (χ2v) is 9.03. The molecule has 6 nitrogen and oxygen atoms in total. The van der Waals surface area contributed by atoms with Gasteiger partial charge in [0.25, 0.3) is 5.91 Å². The average Bonchev–Trinajstić information content (AvgIpc) is 2.61. The number of nitrogens with one attached hydrogen (secondary N) is 2. The standard InChI is InChI=1S/C21H28N2O4S/c1-15(2)12-13-27-19-7-5-6-17(14-19)21(24)22-18-8-10-20(11-9-18)28(25,26)23-16(3)4/h5-11,14-16,23H,12-13H2,1-4H3,(H,22,24). The van der Waals surface area contributed by atoms with Crippen molar-refractivity contribution in [2.45, 2.75) is 45.1 Å². The Morgan fingerprint density at radius 1 is 1.04 bits per heavy atom. The molecule has 0 atom stereocenters. The summed E-state index contributed by atoms with van der Waals surface area (Å²) in [5.41, 5.74) is 0.986. The van der Waals surface area contributed by atoms with E-state index >= 15 is 0 Å². The Hall–Kier alpha value is -2.38. The molecule has 0 spiro atoms. The summed E-state index contributed by atoms with van der Waals surface area (Å²) in [6, 6.07) is 12.9. The SMILES string of the molecule is CC(C)CCOc1cccc(C(=O)Nc2ccc(S(=O)(=O)NC(C)C)cc2)c1. The van der Waals surface area contributed by atoms with Crippen LogP contribution in [0.2, 0.25) is 0 Å². The first-order valence-electron chi connectivity index (χ1n) is 9.34. The topological polar surface area (TPSA) is 84.5 Å². The van der Waals surface area contributed by atoms with E-state index in [0.29, 0.717) is 29.5 Å². The van der Waals surface area contributed by atoms with Gasteiger partial charge < -0.3 is 10.1 Å². The van der Waals surface area contributed by atoms with Gasteiger partial charge in [0.1, 0.15) is 5.75 Å². The minimum Gasteiger partial charge on any atom is -0.494 e. The van der Waals surface area contributed by atoms with Crippen LogP contribution in [-0.2, 0) is 10.0 Å². The van der Waals surface area contributed by atoms with Gasteiger partial charge >= 0.3 is 0 Å². The number of amides is 1. The molecule has 0 saturated carbocycles. The quantitative estimate of drug-likeness (QED) is 0.660. The molecule has 2 aromatic rings. The van der Waals surface area contributed by atoms with Crippen molar-refractivity contribution in [3.05, 3.63) is 54.1 Å². The van der Waals surface area contributed by atoms with Gasteiger partial charge in [-0.15, -0.1) is 0 Å². The second-order valence-electron chi connectivity index (χ2n) is 7.31. The first-order valence-corrected chi connectivity index (χ1v) is 10.8. The Labute approximate surface area is 167 Å². The van der Waals surface area contributed by atoms with Crippen LogP contribution in [0.25, 0.3) is 0 Å². The smallest absolute Gasteiger partial charge is 0.255 e. The summed E-state index contributed by atoms with van der Waals surface area (Å²) < 4.78 is 32.5. The van der Waals surface area contributed by atoms with E-state index in [1.807, 2.05) is 6.07 Å². The molecule has 0 unspecified atom stereocenters. The molecule has 0 fully saturated rings. The van der Waals surface area contributed by atoms with E-state index in [4.69, 9.17) is 4.74 Å². The molecule has 0 bridgehead atoms. The van der Waals surface area contributed by atoms with Crippen LogP contribution in [0.4, 0.5) is 5.69 Å². The molecule has 2 aromatic carbocycles. The van der Waals surface area contributed by atoms with Crippen LogP contribution in [0.5, 0.6) is 5.75 Å². The lowest BCUT2D eigenvalue weighted by atomic mass is 10.1. The summed E-state index contributed by atoms with van der Waals surface area (Å²) >= 11 is 0. The zero-order chi connectivity index (χ0) is 20.7. The summed E-state index contributed by atoms with van der Waals surface area (Å²) in [5, 5.41) is 2.77. The molecule has 0 aliphatic heterocycles. The van der Waals surface area contributed by atoms with Gasteiger partial charge in [0.2, 0.25) is 10.0 Å². The second kappa shape index (κ2) is 9.71. The molecule has 0 aliphatic carbocycles. The van der Waals surface area contributed by atoms with Crippen molar-refractivity contribution < 1.29 is 17.9 Å². The minimum atomic E-state index is -3.56. The summed E-state index contributed by atoms with van der Waals surface area (Å²) in [7, 11) is -3.56. The lowest BCUT2D eigenvalue weighted by Gasteiger charge is -2.11. The van der Waals surface area contributed by atoms with Crippen LogP contribution in [-0.4, -0.2) is 27.0 Å². The third-order valence-electron chi connectivity index (χ3n) is 3.87. The zero-order valence-corrected chi connectivity index (χ0v) is 17.5. The number of carbonyl (C=O) groups excluding carboxylic acids is 1. The van der Waals surface area contributed by atoms with Gasteiger partial charge in [0.15, 0.2) is 0 Å². The van der Waals surface area contributed by atoms with Gasteiger partial charge in [-0.3, -0.25) is 4.79 Å². The highest BCUT2D eigenvalue weighted by atomic mass is 32.2. The molecule has 152 valence electrons. The summed E-state index contributed by atoms with van der Waals surface area (Å²) in [6.07, 6.45) is 0.942. The predicted molar refractivity (Wildman–Crippen MR) is 111 cm³/mol. The van der Waals surface area contributed by atoms with Gasteiger partial charge in [0.05, 0.1) is 11.5 Å². The van der Waals surface area contributed by atoms with Crippen molar-refractivity contribution in [1.29, 1.82) is 0 Å². The molecule has 0 radical (unpaired) electrons. The fraction of sp³-hybridized carbons (Fsp3) is 0.381. The zero-order valence-electron chi connectivity index (χ0n) is 16.7. The molecule has 7 heteroatoms. The van der Waals surface area contributed by atoms with E-state index in [-0.39, 0.29) is 16.8 Å². The van der Waals surface area contributed by atoms with Crippen molar-refractivity contribution in [2.75, 3.05) is 11.9 Å². The van der Waals surface area contributed by atoms with Crippen molar-refractivity contribution in [1.82, 2.24) is 4.72 Å². The van der Waals surface area contributed by atoms with E-state index in [0.717, 1.165) is 6.42 Å². The van der Waals surface area contributed by atoms with E-state index in [2.05, 4.69) is 23.9 Å². The fourth-order valence-corrected chi connectivity index (χ4v) is 3.69. The van der Waals surface area contributed by atoms with Crippen LogP contribution in [0.3, 0.4) is 0 Å². The van der Waals surface area contributed by atoms with E-state index in [1.54, 1.807) is 44.2 Å². The van der Waals surface area contributed by atoms with Gasteiger partial charge in [-0.05, 0) is 68.7 Å². The summed E-state index contributed by atoms with van der Waals surface area (Å²) in [5.74, 6) is 0.911. The van der Waals surface area contributed by atoms with Crippen molar-refractivity contribution in [3.63, 3.8) is 0 Å². The Morgan fingerprint density at radius 3 is 2.32 bits per heavy atom. The Bertz CT molecular complexity index is 891. The maximum atomic E-state index is 12.5. The molecular formula is C21H28N2O4S. The maximum absolute atomic E-state index is 12.5. The summed E-state index contributed by atoms with van der Waals surface area (Å²) in [6.45, 7) is 8.37. The molecular weight excluding hydrogens is 376 g/mol. The third-order valence-corrected chi connectivity index (χ3v) is 5.55. The van der Waals surface area contributed by atoms with E-state index in [1.165, 1.54) is 12.1 Å². The number of carbonyl (C=O) groups is 1. The van der Waals surface area contributed by atoms with Crippen LogP contribution >= 0.6 is 0 Å². The Balaban J connectivity index is 2.03. The number of anilines is 1. The maximum Gasteiger partial charge on any atom is 0.255 e. The van der Waals surface area contributed by atoms with Crippen molar-refractivity contribution in [3.8, 4) is 5.75 Å². The molecule has 2 rings (SSSR count). The van der Waals surface area contributed by atoms with Crippen LogP contribution in [0, 0.1) is 5.92 Å². The van der Waals surface area contributed by atoms with Gasteiger partial charge in [-0.1, -0.05) is 19.9 Å². The highest BCUT2D eigenvalue weighted by molar-refractivity contribution is 7.89. The van der Waals surface area contributed by atoms with Crippen molar-refractivity contribution in [2.24, 2.45) is 5.92 Å². The van der Waals surface area contributed by atoms with E-state index in [9.17, 15) is 13.2 Å². The van der Waals surface area contributed by atoms with E-state index < -0.39 is 10.0 Å². The fourth-order valence-electron chi connectivity index (χ4n) is 2.44. The van der Waals surface area contributed by atoms with Crippen LogP contribution in [0.15, 0.2) is 53.4 Å². The Morgan fingerprint density at radius 2 is 1.71 bits per heavy atom. The number of ether oxygens (including phenoxy) is 1. The number of benzene rings is 2. The number of rotatable bonds is 9.